The maximum absolute atomic E-state index is 14.0. The van der Waals surface area contributed by atoms with Gasteiger partial charge in [0.2, 0.25) is 0 Å². The summed E-state index contributed by atoms with van der Waals surface area (Å²) in [5, 5.41) is 5.31. The average molecular weight is 267 g/mol. The maximum Gasteiger partial charge on any atom is 0.150 e. The van der Waals surface area contributed by atoms with Crippen LogP contribution in [-0.2, 0) is 0 Å². The molecular formula is C17H14FNO. The van der Waals surface area contributed by atoms with Crippen LogP contribution >= 0.6 is 0 Å². The molecule has 0 bridgehead atoms. The van der Waals surface area contributed by atoms with E-state index >= 15 is 0 Å². The first-order valence-corrected chi connectivity index (χ1v) is 6.36. The molecule has 100 valence electrons. The molecule has 0 aliphatic carbocycles. The van der Waals surface area contributed by atoms with Crippen molar-refractivity contribution in [1.82, 2.24) is 0 Å². The zero-order chi connectivity index (χ0) is 13.9. The summed E-state index contributed by atoms with van der Waals surface area (Å²) in [6.45, 7) is 0. The van der Waals surface area contributed by atoms with E-state index in [1.807, 2.05) is 42.5 Å². The normalized spacial score (nSPS) is 10.5. The largest absolute Gasteiger partial charge is 0.497 e. The van der Waals surface area contributed by atoms with Crippen LogP contribution in [0.5, 0.6) is 5.75 Å². The molecule has 3 aromatic carbocycles. The number of halogens is 1. The fraction of sp³-hybridized carbons (Fsp3) is 0.0588. The van der Waals surface area contributed by atoms with Crippen LogP contribution in [0, 0.1) is 5.82 Å². The predicted molar refractivity (Wildman–Crippen MR) is 80.2 cm³/mol. The van der Waals surface area contributed by atoms with Crippen LogP contribution in [0.25, 0.3) is 10.8 Å². The molecule has 0 aromatic heterocycles. The van der Waals surface area contributed by atoms with Gasteiger partial charge in [0.05, 0.1) is 12.8 Å². The topological polar surface area (TPSA) is 21.3 Å². The number of anilines is 2. The molecule has 0 saturated heterocycles. The molecule has 3 heteroatoms. The summed E-state index contributed by atoms with van der Waals surface area (Å²) in [4.78, 5) is 0. The average Bonchev–Trinajstić information content (AvgIpc) is 2.49. The van der Waals surface area contributed by atoms with E-state index in [1.54, 1.807) is 12.1 Å². The number of ether oxygens (including phenoxy) is 1. The summed E-state index contributed by atoms with van der Waals surface area (Å²) in [6.07, 6.45) is 0. The highest BCUT2D eigenvalue weighted by Gasteiger charge is 2.06. The lowest BCUT2D eigenvalue weighted by molar-refractivity contribution is 0.411. The molecule has 0 saturated carbocycles. The fourth-order valence-corrected chi connectivity index (χ4v) is 2.20. The van der Waals surface area contributed by atoms with E-state index in [-0.39, 0.29) is 5.82 Å². The standard InChI is InChI=1S/C17H14FNO/c1-20-13-9-10-17(15(18)11-13)19-16-8-4-6-12-5-2-3-7-14(12)16/h2-11,19H,1H3. The molecule has 0 fully saturated rings. The predicted octanol–water partition coefficient (Wildman–Crippen LogP) is 4.73. The van der Waals surface area contributed by atoms with E-state index in [9.17, 15) is 4.39 Å². The van der Waals surface area contributed by atoms with Crippen LogP contribution in [0.2, 0.25) is 0 Å². The van der Waals surface area contributed by atoms with E-state index in [1.165, 1.54) is 13.2 Å². The van der Waals surface area contributed by atoms with E-state index in [2.05, 4.69) is 5.32 Å². The minimum absolute atomic E-state index is 0.336. The highest BCUT2D eigenvalue weighted by Crippen LogP contribution is 2.28. The van der Waals surface area contributed by atoms with Gasteiger partial charge in [-0.2, -0.15) is 0 Å². The lowest BCUT2D eigenvalue weighted by Crippen LogP contribution is -1.95. The van der Waals surface area contributed by atoms with Crippen molar-refractivity contribution in [1.29, 1.82) is 0 Å². The molecular weight excluding hydrogens is 253 g/mol. The Kier molecular flexibility index (Phi) is 3.25. The van der Waals surface area contributed by atoms with Crippen LogP contribution in [0.4, 0.5) is 15.8 Å². The third-order valence-electron chi connectivity index (χ3n) is 3.24. The van der Waals surface area contributed by atoms with Gasteiger partial charge in [0.15, 0.2) is 0 Å². The van der Waals surface area contributed by atoms with E-state index < -0.39 is 0 Å². The van der Waals surface area contributed by atoms with Gasteiger partial charge in [-0.05, 0) is 23.6 Å². The minimum atomic E-state index is -0.336. The van der Waals surface area contributed by atoms with Gasteiger partial charge in [0, 0.05) is 17.1 Å². The Balaban J connectivity index is 2.01. The Morgan fingerprint density at radius 1 is 0.900 bits per heavy atom. The minimum Gasteiger partial charge on any atom is -0.497 e. The van der Waals surface area contributed by atoms with Gasteiger partial charge in [0.1, 0.15) is 11.6 Å². The highest BCUT2D eigenvalue weighted by atomic mass is 19.1. The van der Waals surface area contributed by atoms with Crippen LogP contribution in [-0.4, -0.2) is 7.11 Å². The van der Waals surface area contributed by atoms with Crippen LogP contribution in [0.3, 0.4) is 0 Å². The molecule has 0 amide bonds. The van der Waals surface area contributed by atoms with Crippen molar-refractivity contribution in [2.45, 2.75) is 0 Å². The summed E-state index contributed by atoms with van der Waals surface area (Å²) in [5.41, 5.74) is 1.31. The number of methoxy groups -OCH3 is 1. The first-order valence-electron chi connectivity index (χ1n) is 6.36. The van der Waals surface area contributed by atoms with Gasteiger partial charge in [0.25, 0.3) is 0 Å². The molecule has 0 aliphatic heterocycles. The number of fused-ring (bicyclic) bond motifs is 1. The second-order valence-electron chi connectivity index (χ2n) is 4.50. The Morgan fingerprint density at radius 3 is 2.50 bits per heavy atom. The first-order chi connectivity index (χ1) is 9.78. The summed E-state index contributed by atoms with van der Waals surface area (Å²) in [5.74, 6) is 0.170. The lowest BCUT2D eigenvalue weighted by atomic mass is 10.1. The maximum atomic E-state index is 14.0. The van der Waals surface area contributed by atoms with Gasteiger partial charge >= 0.3 is 0 Å². The van der Waals surface area contributed by atoms with Crippen molar-refractivity contribution in [2.24, 2.45) is 0 Å². The summed E-state index contributed by atoms with van der Waals surface area (Å²) >= 11 is 0. The Hall–Kier alpha value is -2.55. The third kappa shape index (κ3) is 2.30. The van der Waals surface area contributed by atoms with Crippen molar-refractivity contribution in [2.75, 3.05) is 12.4 Å². The molecule has 1 N–H and O–H groups in total. The van der Waals surface area contributed by atoms with E-state index in [4.69, 9.17) is 4.74 Å². The molecule has 3 aromatic rings. The molecule has 2 nitrogen and oxygen atoms in total. The van der Waals surface area contributed by atoms with E-state index in [0.29, 0.717) is 11.4 Å². The van der Waals surface area contributed by atoms with E-state index in [0.717, 1.165) is 16.5 Å². The third-order valence-corrected chi connectivity index (χ3v) is 3.24. The number of hydrogen-bond acceptors (Lipinski definition) is 2. The smallest absolute Gasteiger partial charge is 0.150 e. The lowest BCUT2D eigenvalue weighted by Gasteiger charge is -2.11. The monoisotopic (exact) mass is 267 g/mol. The number of benzene rings is 3. The zero-order valence-electron chi connectivity index (χ0n) is 11.1. The highest BCUT2D eigenvalue weighted by molar-refractivity contribution is 5.95. The molecule has 20 heavy (non-hydrogen) atoms. The summed E-state index contributed by atoms with van der Waals surface area (Å²) in [7, 11) is 1.52. The van der Waals surface area contributed by atoms with Gasteiger partial charge in [-0.3, -0.25) is 0 Å². The fourth-order valence-electron chi connectivity index (χ4n) is 2.20. The SMILES string of the molecule is COc1ccc(Nc2cccc3ccccc23)c(F)c1. The molecule has 0 heterocycles. The van der Waals surface area contributed by atoms with Crippen LogP contribution < -0.4 is 10.1 Å². The Bertz CT molecular complexity index is 750. The van der Waals surface area contributed by atoms with Crippen LogP contribution in [0.1, 0.15) is 0 Å². The van der Waals surface area contributed by atoms with Crippen molar-refractivity contribution >= 4 is 22.1 Å². The molecule has 0 radical (unpaired) electrons. The molecule has 0 spiro atoms. The second-order valence-corrected chi connectivity index (χ2v) is 4.50. The Morgan fingerprint density at radius 2 is 1.70 bits per heavy atom. The molecule has 0 unspecified atom stereocenters. The molecule has 0 aliphatic rings. The quantitative estimate of drug-likeness (QED) is 0.740. The van der Waals surface area contributed by atoms with Crippen LogP contribution in [0.15, 0.2) is 60.7 Å². The van der Waals surface area contributed by atoms with Crippen molar-refractivity contribution in [3.8, 4) is 5.75 Å². The van der Waals surface area contributed by atoms with Gasteiger partial charge in [-0.15, -0.1) is 0 Å². The van der Waals surface area contributed by atoms with Crippen molar-refractivity contribution in [3.63, 3.8) is 0 Å². The number of nitrogens with one attached hydrogen (secondary N) is 1. The molecule has 3 rings (SSSR count). The summed E-state index contributed by atoms with van der Waals surface area (Å²) < 4.78 is 19.0. The van der Waals surface area contributed by atoms with Gasteiger partial charge in [-0.25, -0.2) is 4.39 Å². The Labute approximate surface area is 116 Å². The second kappa shape index (κ2) is 5.21. The first kappa shape index (κ1) is 12.5. The number of hydrogen-bond donors (Lipinski definition) is 1. The van der Waals surface area contributed by atoms with Gasteiger partial charge in [-0.1, -0.05) is 36.4 Å². The van der Waals surface area contributed by atoms with Crippen molar-refractivity contribution in [3.05, 3.63) is 66.5 Å². The molecule has 0 atom stereocenters. The van der Waals surface area contributed by atoms with Crippen molar-refractivity contribution < 1.29 is 9.13 Å². The van der Waals surface area contributed by atoms with Gasteiger partial charge < -0.3 is 10.1 Å². The summed E-state index contributed by atoms with van der Waals surface area (Å²) in [6, 6.07) is 18.7. The number of rotatable bonds is 3. The zero-order valence-corrected chi connectivity index (χ0v) is 11.1.